The molecule has 2 heterocycles. The van der Waals surface area contributed by atoms with E-state index in [1.54, 1.807) is 0 Å². The van der Waals surface area contributed by atoms with E-state index in [9.17, 15) is 4.21 Å². The number of imidazole rings is 1. The number of hydrogen-bond donors (Lipinski definition) is 0. The van der Waals surface area contributed by atoms with Gasteiger partial charge in [0.2, 0.25) is 0 Å². The highest BCUT2D eigenvalue weighted by atomic mass is 32.2. The maximum atomic E-state index is 11.9. The number of rotatable bonds is 3. The summed E-state index contributed by atoms with van der Waals surface area (Å²) in [4.78, 5) is 4.11. The average molecular weight is 239 g/mol. The first-order valence-corrected chi connectivity index (χ1v) is 6.88. The lowest BCUT2D eigenvalue weighted by molar-refractivity contribution is 0.628. The molecule has 88 valence electrons. The Bertz CT molecular complexity index is 425. The zero-order chi connectivity index (χ0) is 11.5. The van der Waals surface area contributed by atoms with Gasteiger partial charge in [0.15, 0.2) is 0 Å². The number of hydrogen-bond acceptors (Lipinski definition) is 2. The van der Waals surface area contributed by atoms with Crippen LogP contribution in [0.25, 0.3) is 0 Å². The fourth-order valence-electron chi connectivity index (χ4n) is 1.72. The van der Waals surface area contributed by atoms with Crippen molar-refractivity contribution in [2.45, 2.75) is 44.9 Å². The molecule has 16 heavy (non-hydrogen) atoms. The standard InChI is InChI=1S/C11H17N3OS/c1-3-9(2)16(15)13-10-5-4-6-14-8-12-7-11(10)14/h7-9H,3-6H2,1-2H3/b13-10+. The van der Waals surface area contributed by atoms with Crippen molar-refractivity contribution in [2.24, 2.45) is 4.40 Å². The van der Waals surface area contributed by atoms with Gasteiger partial charge in [0, 0.05) is 6.54 Å². The maximum absolute atomic E-state index is 11.9. The van der Waals surface area contributed by atoms with Gasteiger partial charge in [-0.25, -0.2) is 9.19 Å². The second-order valence-electron chi connectivity index (χ2n) is 4.11. The molecule has 4 nitrogen and oxygen atoms in total. The van der Waals surface area contributed by atoms with E-state index >= 15 is 0 Å². The van der Waals surface area contributed by atoms with Crippen molar-refractivity contribution in [3.05, 3.63) is 18.2 Å². The Kier molecular flexibility index (Phi) is 3.53. The summed E-state index contributed by atoms with van der Waals surface area (Å²) in [5.74, 6) is 0. The van der Waals surface area contributed by atoms with Gasteiger partial charge in [-0.3, -0.25) is 0 Å². The van der Waals surface area contributed by atoms with Crippen LogP contribution < -0.4 is 0 Å². The van der Waals surface area contributed by atoms with Gasteiger partial charge in [-0.05, 0) is 26.2 Å². The summed E-state index contributed by atoms with van der Waals surface area (Å²) < 4.78 is 18.3. The summed E-state index contributed by atoms with van der Waals surface area (Å²) in [5.41, 5.74) is 1.98. The Balaban J connectivity index is 2.24. The van der Waals surface area contributed by atoms with E-state index in [4.69, 9.17) is 0 Å². The van der Waals surface area contributed by atoms with E-state index in [-0.39, 0.29) is 5.25 Å². The maximum Gasteiger partial charge on any atom is 0.142 e. The molecule has 0 spiro atoms. The van der Waals surface area contributed by atoms with Crippen molar-refractivity contribution >= 4 is 16.7 Å². The first-order chi connectivity index (χ1) is 7.72. The van der Waals surface area contributed by atoms with E-state index in [0.29, 0.717) is 0 Å². The molecule has 2 rings (SSSR count). The highest BCUT2D eigenvalue weighted by molar-refractivity contribution is 7.84. The van der Waals surface area contributed by atoms with Crippen molar-refractivity contribution < 1.29 is 4.21 Å². The molecule has 0 aliphatic carbocycles. The SMILES string of the molecule is CCC(C)S(=O)/N=C1\CCCn2cncc21. The normalized spacial score (nSPS) is 21.8. The Labute approximate surface area is 98.4 Å². The molecule has 1 aromatic heterocycles. The molecule has 0 bridgehead atoms. The van der Waals surface area contributed by atoms with Gasteiger partial charge in [0.1, 0.15) is 11.0 Å². The Morgan fingerprint density at radius 1 is 1.69 bits per heavy atom. The third kappa shape index (κ3) is 2.24. The topological polar surface area (TPSA) is 47.2 Å². The van der Waals surface area contributed by atoms with Crippen LogP contribution in [0, 0.1) is 0 Å². The van der Waals surface area contributed by atoms with Crippen LogP contribution in [0.3, 0.4) is 0 Å². The number of aryl methyl sites for hydroxylation is 1. The van der Waals surface area contributed by atoms with Crippen LogP contribution in [0.2, 0.25) is 0 Å². The van der Waals surface area contributed by atoms with E-state index in [2.05, 4.69) is 13.9 Å². The molecule has 0 fully saturated rings. The quantitative estimate of drug-likeness (QED) is 0.809. The van der Waals surface area contributed by atoms with Gasteiger partial charge in [-0.15, -0.1) is 0 Å². The van der Waals surface area contributed by atoms with Gasteiger partial charge >= 0.3 is 0 Å². The van der Waals surface area contributed by atoms with E-state index in [0.717, 1.165) is 37.2 Å². The molecule has 2 atom stereocenters. The van der Waals surface area contributed by atoms with Crippen LogP contribution in [0.4, 0.5) is 0 Å². The molecular formula is C11H17N3OS. The Morgan fingerprint density at radius 2 is 2.50 bits per heavy atom. The lowest BCUT2D eigenvalue weighted by atomic mass is 10.1. The second kappa shape index (κ2) is 4.91. The van der Waals surface area contributed by atoms with E-state index in [1.165, 1.54) is 0 Å². The van der Waals surface area contributed by atoms with Crippen molar-refractivity contribution in [1.29, 1.82) is 0 Å². The molecule has 1 aliphatic rings. The van der Waals surface area contributed by atoms with Gasteiger partial charge in [-0.1, -0.05) is 6.92 Å². The zero-order valence-corrected chi connectivity index (χ0v) is 10.5. The summed E-state index contributed by atoms with van der Waals surface area (Å²) in [5, 5.41) is 0.130. The second-order valence-corrected chi connectivity index (χ2v) is 5.65. The van der Waals surface area contributed by atoms with E-state index in [1.807, 2.05) is 26.4 Å². The summed E-state index contributed by atoms with van der Waals surface area (Å²) in [6, 6.07) is 0. The summed E-state index contributed by atoms with van der Waals surface area (Å²) in [7, 11) is -1.11. The zero-order valence-electron chi connectivity index (χ0n) is 9.72. The lowest BCUT2D eigenvalue weighted by Gasteiger charge is -2.16. The van der Waals surface area contributed by atoms with Crippen LogP contribution in [0.1, 0.15) is 38.8 Å². The summed E-state index contributed by atoms with van der Waals surface area (Å²) >= 11 is 0. The number of fused-ring (bicyclic) bond motifs is 1. The van der Waals surface area contributed by atoms with Gasteiger partial charge in [0.25, 0.3) is 0 Å². The van der Waals surface area contributed by atoms with Crippen LogP contribution in [0.15, 0.2) is 16.9 Å². The monoisotopic (exact) mass is 239 g/mol. The molecular weight excluding hydrogens is 222 g/mol. The molecule has 1 aliphatic heterocycles. The minimum Gasteiger partial charge on any atom is -0.330 e. The molecule has 0 saturated heterocycles. The fourth-order valence-corrected chi connectivity index (χ4v) is 2.58. The van der Waals surface area contributed by atoms with Crippen molar-refractivity contribution in [3.8, 4) is 0 Å². The fraction of sp³-hybridized carbons (Fsp3) is 0.636. The molecule has 5 heteroatoms. The van der Waals surface area contributed by atoms with Gasteiger partial charge < -0.3 is 4.57 Å². The molecule has 0 amide bonds. The third-order valence-corrected chi connectivity index (χ3v) is 4.36. The highest BCUT2D eigenvalue weighted by Crippen LogP contribution is 2.16. The molecule has 0 aromatic carbocycles. The van der Waals surface area contributed by atoms with E-state index < -0.39 is 11.0 Å². The third-order valence-electron chi connectivity index (χ3n) is 2.94. The number of aromatic nitrogens is 2. The first-order valence-electron chi connectivity index (χ1n) is 5.71. The molecule has 1 aromatic rings. The highest BCUT2D eigenvalue weighted by Gasteiger charge is 2.17. The first kappa shape index (κ1) is 11.5. The molecule has 0 saturated carbocycles. The Hall–Kier alpha value is -0.970. The van der Waals surface area contributed by atoms with Gasteiger partial charge in [0.05, 0.1) is 29.2 Å². The summed E-state index contributed by atoms with van der Waals surface area (Å²) in [6.07, 6.45) is 6.48. The predicted octanol–water partition coefficient (Wildman–Crippen LogP) is 1.93. The smallest absolute Gasteiger partial charge is 0.142 e. The lowest BCUT2D eigenvalue weighted by Crippen LogP contribution is -2.18. The van der Waals surface area contributed by atoms with Crippen LogP contribution in [-0.4, -0.2) is 24.7 Å². The summed E-state index contributed by atoms with van der Waals surface area (Å²) in [6.45, 7) is 5.00. The molecule has 2 unspecified atom stereocenters. The van der Waals surface area contributed by atoms with Crippen molar-refractivity contribution in [3.63, 3.8) is 0 Å². The van der Waals surface area contributed by atoms with Crippen LogP contribution >= 0.6 is 0 Å². The minimum absolute atomic E-state index is 0.130. The van der Waals surface area contributed by atoms with Gasteiger partial charge in [-0.2, -0.15) is 4.40 Å². The molecule has 0 radical (unpaired) electrons. The number of nitrogens with zero attached hydrogens (tertiary/aromatic N) is 3. The Morgan fingerprint density at radius 3 is 3.25 bits per heavy atom. The predicted molar refractivity (Wildman–Crippen MR) is 65.9 cm³/mol. The van der Waals surface area contributed by atoms with Crippen molar-refractivity contribution in [1.82, 2.24) is 9.55 Å². The van der Waals surface area contributed by atoms with Crippen molar-refractivity contribution in [2.75, 3.05) is 0 Å². The van der Waals surface area contributed by atoms with Crippen LogP contribution in [0.5, 0.6) is 0 Å². The largest absolute Gasteiger partial charge is 0.330 e. The van der Waals surface area contributed by atoms with Crippen LogP contribution in [-0.2, 0) is 17.5 Å². The minimum atomic E-state index is -1.11. The molecule has 0 N–H and O–H groups in total. The average Bonchev–Trinajstić information content (AvgIpc) is 2.77.